The summed E-state index contributed by atoms with van der Waals surface area (Å²) >= 11 is 10.8. The highest BCUT2D eigenvalue weighted by atomic mass is 35.5. The summed E-state index contributed by atoms with van der Waals surface area (Å²) in [6.07, 6.45) is 0. The third kappa shape index (κ3) is 6.54. The Balaban J connectivity index is 2.81. The molecule has 0 fully saturated rings. The van der Waals surface area contributed by atoms with Crippen LogP contribution in [0.1, 0.15) is 0 Å². The van der Waals surface area contributed by atoms with E-state index in [4.69, 9.17) is 23.2 Å². The Hall–Kier alpha value is 0.537. The van der Waals surface area contributed by atoms with Gasteiger partial charge in [0.1, 0.15) is 4.84 Å². The second-order valence-corrected chi connectivity index (χ2v) is 4.27. The molecule has 0 radical (unpaired) electrons. The van der Waals surface area contributed by atoms with Gasteiger partial charge in [-0.25, -0.2) is 0 Å². The van der Waals surface area contributed by atoms with Crippen LogP contribution in [0, 0.1) is 0 Å². The lowest BCUT2D eigenvalue weighted by Gasteiger charge is -1.91. The van der Waals surface area contributed by atoms with Crippen LogP contribution in [0.15, 0.2) is 12.3 Å². The molecule has 0 rings (SSSR count). The molecule has 7 heavy (non-hydrogen) atoms. The molecule has 3 heteroatoms. The van der Waals surface area contributed by atoms with Crippen LogP contribution in [0.4, 0.5) is 0 Å². The number of alkyl halides is 2. The van der Waals surface area contributed by atoms with E-state index in [9.17, 15) is 0 Å². The molecular formula is C4H8Cl2Si. The van der Waals surface area contributed by atoms with Crippen molar-refractivity contribution in [1.29, 1.82) is 0 Å². The van der Waals surface area contributed by atoms with Gasteiger partial charge in [-0.1, -0.05) is 0 Å². The van der Waals surface area contributed by atoms with Crippen LogP contribution >= 0.6 is 23.2 Å². The number of rotatable bonds is 3. The van der Waals surface area contributed by atoms with E-state index in [2.05, 4.69) is 6.58 Å². The Labute approximate surface area is 56.3 Å². The fourth-order valence-corrected chi connectivity index (χ4v) is 1.49. The molecule has 0 aliphatic carbocycles. The van der Waals surface area contributed by atoms with E-state index in [1.165, 1.54) is 0 Å². The fourth-order valence-electron chi connectivity index (χ4n) is 0.244. The first-order chi connectivity index (χ1) is 3.27. The summed E-state index contributed by atoms with van der Waals surface area (Å²) in [5.74, 6) is 0. The van der Waals surface area contributed by atoms with Gasteiger partial charge in [0, 0.05) is 9.52 Å². The Morgan fingerprint density at radius 2 is 2.29 bits per heavy atom. The lowest BCUT2D eigenvalue weighted by molar-refractivity contribution is 1.36. The van der Waals surface area contributed by atoms with Crippen molar-refractivity contribution < 1.29 is 0 Å². The van der Waals surface area contributed by atoms with E-state index in [0.717, 1.165) is 6.04 Å². The van der Waals surface area contributed by atoms with Gasteiger partial charge < -0.3 is 0 Å². The summed E-state index contributed by atoms with van der Waals surface area (Å²) in [6.45, 7) is 3.58. The molecule has 0 heterocycles. The molecule has 0 atom stereocenters. The largest absolute Gasteiger partial charge is 0.108 e. The van der Waals surface area contributed by atoms with Gasteiger partial charge in [-0.15, -0.1) is 35.5 Å². The minimum atomic E-state index is -0.162. The molecule has 0 aromatic heterocycles. The zero-order chi connectivity index (χ0) is 5.70. The highest BCUT2D eigenvalue weighted by Crippen LogP contribution is 2.05. The van der Waals surface area contributed by atoms with Gasteiger partial charge in [0.25, 0.3) is 0 Å². The van der Waals surface area contributed by atoms with E-state index >= 15 is 0 Å². The van der Waals surface area contributed by atoms with E-state index < -0.39 is 0 Å². The Kier molecular flexibility index (Phi) is 5.05. The predicted octanol–water partition coefficient (Wildman–Crippen LogP) is 1.52. The third-order valence-corrected chi connectivity index (χ3v) is 3.08. The van der Waals surface area contributed by atoms with Crippen molar-refractivity contribution in [1.82, 2.24) is 0 Å². The fraction of sp³-hybridized carbons (Fsp3) is 0.500. The number of hydrogen-bond acceptors (Lipinski definition) is 0. The van der Waals surface area contributed by atoms with Crippen LogP contribution in [0.3, 0.4) is 0 Å². The lowest BCUT2D eigenvalue weighted by atomic mass is 10.9. The van der Waals surface area contributed by atoms with Crippen molar-refractivity contribution >= 4 is 32.7 Å². The third-order valence-electron chi connectivity index (χ3n) is 0.589. The van der Waals surface area contributed by atoms with Crippen molar-refractivity contribution in [3.05, 3.63) is 12.3 Å². The van der Waals surface area contributed by atoms with Gasteiger partial charge in [0.05, 0.1) is 0 Å². The van der Waals surface area contributed by atoms with Crippen LogP contribution in [0.25, 0.3) is 0 Å². The van der Waals surface area contributed by atoms with Crippen molar-refractivity contribution in [3.63, 3.8) is 0 Å². The Morgan fingerprint density at radius 3 is 2.43 bits per heavy atom. The summed E-state index contributed by atoms with van der Waals surface area (Å²) < 4.78 is 0. The summed E-state index contributed by atoms with van der Waals surface area (Å²) in [5, 5.41) is 0. The van der Waals surface area contributed by atoms with E-state index in [1.807, 2.05) is 5.70 Å². The second kappa shape index (κ2) is 4.69. The van der Waals surface area contributed by atoms with Gasteiger partial charge >= 0.3 is 0 Å². The highest BCUT2D eigenvalue weighted by Gasteiger charge is 1.93. The quantitative estimate of drug-likeness (QED) is 0.428. The van der Waals surface area contributed by atoms with Crippen molar-refractivity contribution in [2.24, 2.45) is 0 Å². The minimum absolute atomic E-state index is 0.126. The molecule has 0 aromatic rings. The zero-order valence-electron chi connectivity index (χ0n) is 4.03. The van der Waals surface area contributed by atoms with Gasteiger partial charge in [-0.3, -0.25) is 0 Å². The average Bonchev–Trinajstić information content (AvgIpc) is 1.61. The van der Waals surface area contributed by atoms with Crippen LogP contribution in [0.5, 0.6) is 0 Å². The Morgan fingerprint density at radius 1 is 1.71 bits per heavy atom. The van der Waals surface area contributed by atoms with Crippen LogP contribution in [-0.2, 0) is 0 Å². The maximum Gasteiger partial charge on any atom is 0.105 e. The molecule has 0 aliphatic heterocycles. The van der Waals surface area contributed by atoms with Crippen LogP contribution < -0.4 is 0 Å². The molecule has 0 saturated carbocycles. The van der Waals surface area contributed by atoms with Gasteiger partial charge in [-0.2, -0.15) is 0 Å². The SMILES string of the molecule is C=C[SiH2]CC(Cl)Cl. The van der Waals surface area contributed by atoms with Crippen molar-refractivity contribution in [2.45, 2.75) is 10.9 Å². The summed E-state index contributed by atoms with van der Waals surface area (Å²) in [6, 6.07) is 0.951. The van der Waals surface area contributed by atoms with Crippen molar-refractivity contribution in [2.75, 3.05) is 0 Å². The highest BCUT2D eigenvalue weighted by molar-refractivity contribution is 6.51. The molecule has 0 spiro atoms. The Bertz CT molecular complexity index is 53.7. The normalized spacial score (nSPS) is 11.3. The molecule has 42 valence electrons. The molecule has 0 amide bonds. The van der Waals surface area contributed by atoms with E-state index in [1.54, 1.807) is 0 Å². The summed E-state index contributed by atoms with van der Waals surface area (Å²) in [4.78, 5) is -0.162. The number of hydrogen-bond donors (Lipinski definition) is 0. The maximum absolute atomic E-state index is 5.41. The molecule has 0 saturated heterocycles. The predicted molar refractivity (Wildman–Crippen MR) is 39.0 cm³/mol. The molecule has 0 nitrogen and oxygen atoms in total. The molecule has 0 N–H and O–H groups in total. The summed E-state index contributed by atoms with van der Waals surface area (Å²) in [7, 11) is -0.126. The van der Waals surface area contributed by atoms with E-state index in [0.29, 0.717) is 0 Å². The number of halogens is 2. The molecular weight excluding hydrogens is 147 g/mol. The summed E-state index contributed by atoms with van der Waals surface area (Å²) in [5.41, 5.74) is 1.94. The second-order valence-electron chi connectivity index (χ2n) is 1.26. The topological polar surface area (TPSA) is 0 Å². The maximum atomic E-state index is 5.41. The van der Waals surface area contributed by atoms with Crippen LogP contribution in [0.2, 0.25) is 6.04 Å². The molecule has 0 aliphatic rings. The van der Waals surface area contributed by atoms with Gasteiger partial charge in [-0.05, 0) is 6.04 Å². The van der Waals surface area contributed by atoms with Gasteiger partial charge in [0.2, 0.25) is 0 Å². The minimum Gasteiger partial charge on any atom is -0.108 e. The smallest absolute Gasteiger partial charge is 0.105 e. The molecule has 0 aromatic carbocycles. The standard InChI is InChI=1S/C4H8Cl2Si/c1-2-7-3-4(5)6/h2,4H,1,3,7H2. The van der Waals surface area contributed by atoms with Crippen LogP contribution in [-0.4, -0.2) is 14.4 Å². The molecule has 0 unspecified atom stereocenters. The first-order valence-electron chi connectivity index (χ1n) is 2.16. The lowest BCUT2D eigenvalue weighted by Crippen LogP contribution is -1.90. The van der Waals surface area contributed by atoms with E-state index in [-0.39, 0.29) is 14.4 Å². The zero-order valence-corrected chi connectivity index (χ0v) is 6.96. The van der Waals surface area contributed by atoms with Gasteiger partial charge in [0.15, 0.2) is 0 Å². The monoisotopic (exact) mass is 154 g/mol. The molecule has 0 bridgehead atoms. The average molecular weight is 155 g/mol. The first kappa shape index (κ1) is 7.54. The first-order valence-corrected chi connectivity index (χ1v) is 4.85. The van der Waals surface area contributed by atoms with Crippen molar-refractivity contribution in [3.8, 4) is 0 Å².